The molecule has 2 rings (SSSR count). The number of likely N-dealkylation sites (tertiary alicyclic amines) is 1. The van der Waals surface area contributed by atoms with Crippen LogP contribution in [0.15, 0.2) is 12.1 Å². The lowest BCUT2D eigenvalue weighted by atomic mass is 10.0. The van der Waals surface area contributed by atoms with E-state index < -0.39 is 0 Å². The van der Waals surface area contributed by atoms with Crippen molar-refractivity contribution in [3.05, 3.63) is 27.2 Å². The number of rotatable bonds is 4. The Balaban J connectivity index is 1.91. The third-order valence-corrected chi connectivity index (χ3v) is 4.62. The zero-order valence-corrected chi connectivity index (χ0v) is 14.2. The first-order chi connectivity index (χ1) is 9.45. The van der Waals surface area contributed by atoms with Gasteiger partial charge in [0.05, 0.1) is 20.8 Å². The summed E-state index contributed by atoms with van der Waals surface area (Å²) in [6.45, 7) is 7.98. The van der Waals surface area contributed by atoms with Gasteiger partial charge in [-0.3, -0.25) is 0 Å². The van der Waals surface area contributed by atoms with Crippen molar-refractivity contribution in [3.8, 4) is 0 Å². The summed E-state index contributed by atoms with van der Waals surface area (Å²) in [5.74, 6) is 0.726. The average molecular weight is 336 g/mol. The van der Waals surface area contributed by atoms with Crippen LogP contribution in [0.2, 0.25) is 15.1 Å². The highest BCUT2D eigenvalue weighted by Gasteiger charge is 2.20. The van der Waals surface area contributed by atoms with Crippen molar-refractivity contribution in [2.45, 2.75) is 32.7 Å². The van der Waals surface area contributed by atoms with Crippen LogP contribution in [-0.2, 0) is 0 Å². The second kappa shape index (κ2) is 7.22. The van der Waals surface area contributed by atoms with Crippen LogP contribution in [0.1, 0.15) is 26.7 Å². The zero-order valence-electron chi connectivity index (χ0n) is 11.9. The third-order valence-electron chi connectivity index (χ3n) is 3.58. The summed E-state index contributed by atoms with van der Waals surface area (Å²) in [5.41, 5.74) is 0.878. The standard InChI is InChI=1S/C15H21Cl3N2/c1-10(2)9-20-5-3-11(4-6-20)19-15-8-13(17)12(16)7-14(15)18/h7-8,10-11,19H,3-6,9H2,1-2H3. The van der Waals surface area contributed by atoms with E-state index in [-0.39, 0.29) is 0 Å². The fourth-order valence-electron chi connectivity index (χ4n) is 2.63. The van der Waals surface area contributed by atoms with Crippen LogP contribution in [0.3, 0.4) is 0 Å². The number of anilines is 1. The molecule has 0 aromatic heterocycles. The van der Waals surface area contributed by atoms with Gasteiger partial charge in [0.1, 0.15) is 0 Å². The monoisotopic (exact) mass is 334 g/mol. The number of halogens is 3. The zero-order chi connectivity index (χ0) is 14.7. The van der Waals surface area contributed by atoms with Crippen molar-refractivity contribution < 1.29 is 0 Å². The molecule has 2 nitrogen and oxygen atoms in total. The fourth-order valence-corrected chi connectivity index (χ4v) is 3.23. The topological polar surface area (TPSA) is 15.3 Å². The van der Waals surface area contributed by atoms with E-state index in [0.29, 0.717) is 21.1 Å². The van der Waals surface area contributed by atoms with Crippen molar-refractivity contribution in [1.82, 2.24) is 4.90 Å². The minimum atomic E-state index is 0.452. The smallest absolute Gasteiger partial charge is 0.0653 e. The minimum Gasteiger partial charge on any atom is -0.381 e. The molecule has 0 aliphatic carbocycles. The molecule has 0 spiro atoms. The number of piperidine rings is 1. The first-order valence-corrected chi connectivity index (χ1v) is 8.22. The molecule has 0 bridgehead atoms. The summed E-state index contributed by atoms with van der Waals surface area (Å²) in [5, 5.41) is 5.15. The summed E-state index contributed by atoms with van der Waals surface area (Å²) >= 11 is 18.2. The van der Waals surface area contributed by atoms with Gasteiger partial charge >= 0.3 is 0 Å². The van der Waals surface area contributed by atoms with Crippen LogP contribution >= 0.6 is 34.8 Å². The summed E-state index contributed by atoms with van der Waals surface area (Å²) in [4.78, 5) is 2.53. The lowest BCUT2D eigenvalue weighted by molar-refractivity contribution is 0.198. The van der Waals surface area contributed by atoms with E-state index in [0.717, 1.165) is 37.5 Å². The van der Waals surface area contributed by atoms with E-state index in [4.69, 9.17) is 34.8 Å². The molecule has 20 heavy (non-hydrogen) atoms. The van der Waals surface area contributed by atoms with Crippen molar-refractivity contribution in [1.29, 1.82) is 0 Å². The minimum absolute atomic E-state index is 0.452. The van der Waals surface area contributed by atoms with E-state index in [2.05, 4.69) is 24.1 Å². The molecule has 1 N–H and O–H groups in total. The second-order valence-corrected chi connectivity index (χ2v) is 7.08. The number of hydrogen-bond donors (Lipinski definition) is 1. The number of nitrogens with one attached hydrogen (secondary N) is 1. The van der Waals surface area contributed by atoms with Gasteiger partial charge in [0.25, 0.3) is 0 Å². The Morgan fingerprint density at radius 3 is 2.30 bits per heavy atom. The largest absolute Gasteiger partial charge is 0.381 e. The van der Waals surface area contributed by atoms with Gasteiger partial charge in [-0.2, -0.15) is 0 Å². The van der Waals surface area contributed by atoms with Crippen molar-refractivity contribution >= 4 is 40.5 Å². The second-order valence-electron chi connectivity index (χ2n) is 5.86. The van der Waals surface area contributed by atoms with Crippen molar-refractivity contribution in [3.63, 3.8) is 0 Å². The Labute approximate surface area is 136 Å². The summed E-state index contributed by atoms with van der Waals surface area (Å²) in [6, 6.07) is 3.96. The Hall–Kier alpha value is -0.150. The van der Waals surface area contributed by atoms with Crippen LogP contribution in [0.4, 0.5) is 5.69 Å². The van der Waals surface area contributed by atoms with E-state index in [1.807, 2.05) is 6.07 Å². The summed E-state index contributed by atoms with van der Waals surface area (Å²) in [7, 11) is 0. The average Bonchev–Trinajstić information content (AvgIpc) is 2.37. The van der Waals surface area contributed by atoms with Crippen molar-refractivity contribution in [2.24, 2.45) is 5.92 Å². The first kappa shape index (κ1) is 16.2. The van der Waals surface area contributed by atoms with Gasteiger partial charge in [-0.15, -0.1) is 0 Å². The molecule has 1 aliphatic heterocycles. The van der Waals surface area contributed by atoms with Gasteiger partial charge in [-0.25, -0.2) is 0 Å². The highest BCUT2D eigenvalue weighted by atomic mass is 35.5. The molecule has 1 saturated heterocycles. The van der Waals surface area contributed by atoms with Crippen LogP contribution in [0.5, 0.6) is 0 Å². The maximum atomic E-state index is 6.20. The highest BCUT2D eigenvalue weighted by Crippen LogP contribution is 2.33. The van der Waals surface area contributed by atoms with Crippen LogP contribution in [-0.4, -0.2) is 30.6 Å². The van der Waals surface area contributed by atoms with Crippen LogP contribution in [0, 0.1) is 5.92 Å². The molecule has 0 unspecified atom stereocenters. The molecular weight excluding hydrogens is 315 g/mol. The SMILES string of the molecule is CC(C)CN1CCC(Nc2cc(Cl)c(Cl)cc2Cl)CC1. The molecule has 1 heterocycles. The molecule has 112 valence electrons. The van der Waals surface area contributed by atoms with E-state index in [9.17, 15) is 0 Å². The molecular formula is C15H21Cl3N2. The lowest BCUT2D eigenvalue weighted by Gasteiger charge is -2.34. The predicted octanol–water partition coefficient (Wildman–Crippen LogP) is 5.18. The van der Waals surface area contributed by atoms with E-state index in [1.54, 1.807) is 6.07 Å². The quantitative estimate of drug-likeness (QED) is 0.763. The van der Waals surface area contributed by atoms with E-state index in [1.165, 1.54) is 6.54 Å². The molecule has 0 amide bonds. The van der Waals surface area contributed by atoms with Gasteiger partial charge in [0.2, 0.25) is 0 Å². The van der Waals surface area contributed by atoms with E-state index >= 15 is 0 Å². The van der Waals surface area contributed by atoms with Crippen molar-refractivity contribution in [2.75, 3.05) is 25.0 Å². The molecule has 0 atom stereocenters. The predicted molar refractivity (Wildman–Crippen MR) is 89.4 cm³/mol. The maximum Gasteiger partial charge on any atom is 0.0653 e. The normalized spacial score (nSPS) is 17.7. The Morgan fingerprint density at radius 1 is 1.10 bits per heavy atom. The van der Waals surface area contributed by atoms with Crippen LogP contribution < -0.4 is 5.32 Å². The summed E-state index contributed by atoms with van der Waals surface area (Å²) < 4.78 is 0. The summed E-state index contributed by atoms with van der Waals surface area (Å²) in [6.07, 6.45) is 2.26. The third kappa shape index (κ3) is 4.42. The molecule has 1 fully saturated rings. The first-order valence-electron chi connectivity index (χ1n) is 7.09. The molecule has 1 aromatic rings. The van der Waals surface area contributed by atoms with Gasteiger partial charge < -0.3 is 10.2 Å². The molecule has 0 radical (unpaired) electrons. The van der Waals surface area contributed by atoms with Gasteiger partial charge in [-0.1, -0.05) is 48.7 Å². The molecule has 0 saturated carbocycles. The van der Waals surface area contributed by atoms with Gasteiger partial charge in [0, 0.05) is 25.7 Å². The molecule has 1 aromatic carbocycles. The number of hydrogen-bond acceptors (Lipinski definition) is 2. The highest BCUT2D eigenvalue weighted by molar-refractivity contribution is 6.44. The Kier molecular flexibility index (Phi) is 5.85. The lowest BCUT2D eigenvalue weighted by Crippen LogP contribution is -2.40. The maximum absolute atomic E-state index is 6.20. The van der Waals surface area contributed by atoms with Gasteiger partial charge in [0.15, 0.2) is 0 Å². The molecule has 5 heteroatoms. The number of nitrogens with zero attached hydrogens (tertiary/aromatic N) is 1. The Morgan fingerprint density at radius 2 is 1.70 bits per heavy atom. The van der Waals surface area contributed by atoms with Gasteiger partial charge in [-0.05, 0) is 30.9 Å². The fraction of sp³-hybridized carbons (Fsp3) is 0.600. The van der Waals surface area contributed by atoms with Crippen LogP contribution in [0.25, 0.3) is 0 Å². The molecule has 1 aliphatic rings. The Bertz CT molecular complexity index is 455. The number of benzene rings is 1.